The van der Waals surface area contributed by atoms with Gasteiger partial charge in [-0.3, -0.25) is 0 Å². The number of phosphoric acid groups is 3. The normalized spacial score (nSPS) is 22.5. The second kappa shape index (κ2) is 13.3. The van der Waals surface area contributed by atoms with Crippen molar-refractivity contribution in [2.24, 2.45) is 0 Å². The van der Waals surface area contributed by atoms with Crippen LogP contribution in [0.2, 0.25) is 0 Å². The van der Waals surface area contributed by atoms with Crippen LogP contribution in [-0.2, 0) is 24.6 Å². The van der Waals surface area contributed by atoms with E-state index in [1.165, 1.54) is 6.07 Å². The average molecular weight is 613 g/mol. The summed E-state index contributed by atoms with van der Waals surface area (Å²) in [6.07, 6.45) is -7.97. The fourth-order valence-corrected chi connectivity index (χ4v) is 3.32. The lowest BCUT2D eigenvalue weighted by atomic mass is 10.1. The van der Waals surface area contributed by atoms with Crippen LogP contribution in [0, 0.1) is 0 Å². The number of hydrogen-bond donors (Lipinski definition) is 11. The van der Waals surface area contributed by atoms with Crippen LogP contribution in [-0.4, -0.2) is 77.5 Å². The van der Waals surface area contributed by atoms with E-state index in [9.17, 15) is 23.4 Å². The molecule has 0 saturated carbocycles. The van der Waals surface area contributed by atoms with Gasteiger partial charge in [-0.1, -0.05) is 0 Å². The monoisotopic (exact) mass is 613 g/mol. The first-order valence-electron chi connectivity index (χ1n) is 8.61. The van der Waals surface area contributed by atoms with E-state index in [1.807, 2.05) is 0 Å². The molecule has 23 heteroatoms. The van der Waals surface area contributed by atoms with Gasteiger partial charge in [-0.25, -0.2) is 18.7 Å². The smallest absolute Gasteiger partial charge is 0.388 e. The fraction of sp³-hybridized carbons (Fsp3) is 0.462. The van der Waals surface area contributed by atoms with Crippen LogP contribution in [0.15, 0.2) is 18.2 Å². The lowest BCUT2D eigenvalue weighted by Crippen LogP contribution is -2.28. The van der Waals surface area contributed by atoms with E-state index in [2.05, 4.69) is 4.98 Å². The molecule has 1 aliphatic rings. The van der Waals surface area contributed by atoms with E-state index in [0.717, 1.165) is 23.5 Å². The van der Waals surface area contributed by atoms with Crippen LogP contribution in [0.25, 0.3) is 10.2 Å². The van der Waals surface area contributed by atoms with Gasteiger partial charge in [0.25, 0.3) is 0 Å². The van der Waals surface area contributed by atoms with Crippen molar-refractivity contribution in [2.45, 2.75) is 37.5 Å². The van der Waals surface area contributed by atoms with Gasteiger partial charge in [0.15, 0.2) is 0 Å². The van der Waals surface area contributed by atoms with Crippen molar-refractivity contribution in [3.8, 4) is 0 Å². The maximum atomic E-state index is 12.7. The summed E-state index contributed by atoms with van der Waals surface area (Å²) in [5, 5.41) is 19.9. The molecule has 2 heterocycles. The molecule has 0 radical (unpaired) electrons. The van der Waals surface area contributed by atoms with Gasteiger partial charge < -0.3 is 59.0 Å². The van der Waals surface area contributed by atoms with Crippen LogP contribution < -0.4 is 0 Å². The molecular formula is C13H21F3NO15P3S. The molecule has 1 aromatic carbocycles. The Morgan fingerprint density at radius 1 is 0.861 bits per heavy atom. The number of thiazole rings is 1. The predicted octanol–water partition coefficient (Wildman–Crippen LogP) is -0.289. The van der Waals surface area contributed by atoms with Gasteiger partial charge in [0.2, 0.25) is 0 Å². The molecule has 0 spiro atoms. The maximum absolute atomic E-state index is 12.7. The molecule has 3 rings (SSSR count). The van der Waals surface area contributed by atoms with Crippen molar-refractivity contribution in [2.75, 3.05) is 0 Å². The number of ether oxygens (including phenoxy) is 1. The van der Waals surface area contributed by atoms with Crippen molar-refractivity contribution in [3.63, 3.8) is 0 Å². The highest BCUT2D eigenvalue weighted by molar-refractivity contribution is 7.45. The van der Waals surface area contributed by atoms with Crippen molar-refractivity contribution < 1.29 is 85.9 Å². The summed E-state index contributed by atoms with van der Waals surface area (Å²) in [6, 6.07) is 3.31. The SMILES string of the molecule is CC1OC(c2nc3cc(C(F)(F)F)ccc3s2)C(O)C1O.O=P(O)(O)O.O=P(O)(O)O.O=P(O)(O)O. The van der Waals surface area contributed by atoms with E-state index in [1.54, 1.807) is 6.92 Å². The third kappa shape index (κ3) is 16.1. The van der Waals surface area contributed by atoms with Crippen LogP contribution in [0.5, 0.6) is 0 Å². The Labute approximate surface area is 202 Å². The second-order valence-corrected chi connectivity index (χ2v) is 10.7. The highest BCUT2D eigenvalue weighted by Gasteiger charge is 2.42. The van der Waals surface area contributed by atoms with E-state index >= 15 is 0 Å². The number of hydrogen-bond acceptors (Lipinski definition) is 8. The first kappa shape index (κ1) is 35.1. The molecule has 210 valence electrons. The zero-order chi connectivity index (χ0) is 28.9. The number of aliphatic hydroxyl groups excluding tert-OH is 2. The third-order valence-electron chi connectivity index (χ3n) is 3.48. The van der Waals surface area contributed by atoms with Gasteiger partial charge in [-0.05, 0) is 25.1 Å². The summed E-state index contributed by atoms with van der Waals surface area (Å²) in [4.78, 5) is 68.8. The Bertz CT molecular complexity index is 1060. The highest BCUT2D eigenvalue weighted by Crippen LogP contribution is 2.39. The lowest BCUT2D eigenvalue weighted by Gasteiger charge is -2.11. The third-order valence-corrected chi connectivity index (χ3v) is 4.58. The second-order valence-electron chi connectivity index (χ2n) is 6.52. The Hall–Kier alpha value is -0.890. The zero-order valence-electron chi connectivity index (χ0n) is 17.4. The summed E-state index contributed by atoms with van der Waals surface area (Å²) < 4.78 is 70.6. The van der Waals surface area contributed by atoms with Gasteiger partial charge in [0.05, 0.1) is 21.9 Å². The molecular weight excluding hydrogens is 592 g/mol. The number of alkyl halides is 3. The summed E-state index contributed by atoms with van der Waals surface area (Å²) in [6.45, 7) is 1.61. The largest absolute Gasteiger partial charge is 0.466 e. The summed E-state index contributed by atoms with van der Waals surface area (Å²) in [7, 11) is -13.9. The van der Waals surface area contributed by atoms with Gasteiger partial charge in [0, 0.05) is 0 Å². The number of aromatic nitrogens is 1. The molecule has 4 unspecified atom stereocenters. The van der Waals surface area contributed by atoms with Crippen molar-refractivity contribution in [1.82, 2.24) is 4.98 Å². The molecule has 2 aromatic rings. The molecule has 1 fully saturated rings. The van der Waals surface area contributed by atoms with Crippen LogP contribution in [0.1, 0.15) is 23.6 Å². The Morgan fingerprint density at radius 3 is 1.61 bits per heavy atom. The highest BCUT2D eigenvalue weighted by atomic mass is 32.1. The molecule has 1 aliphatic heterocycles. The molecule has 4 atom stereocenters. The van der Waals surface area contributed by atoms with Gasteiger partial charge >= 0.3 is 29.6 Å². The summed E-state index contributed by atoms with van der Waals surface area (Å²) in [5.74, 6) is 0. The van der Waals surface area contributed by atoms with Gasteiger partial charge in [-0.15, -0.1) is 11.3 Å². The zero-order valence-corrected chi connectivity index (χ0v) is 20.9. The number of rotatable bonds is 1. The topological polar surface area (TPSA) is 296 Å². The number of aliphatic hydroxyl groups is 2. The number of nitrogens with zero attached hydrogens (tertiary/aromatic N) is 1. The Morgan fingerprint density at radius 2 is 1.28 bits per heavy atom. The minimum Gasteiger partial charge on any atom is -0.388 e. The molecule has 0 aliphatic carbocycles. The van der Waals surface area contributed by atoms with Crippen LogP contribution in [0.4, 0.5) is 13.2 Å². The molecule has 11 N–H and O–H groups in total. The molecule has 1 aromatic heterocycles. The van der Waals surface area contributed by atoms with Gasteiger partial charge in [-0.2, -0.15) is 13.2 Å². The summed E-state index contributed by atoms with van der Waals surface area (Å²) in [5.41, 5.74) is -0.567. The lowest BCUT2D eigenvalue weighted by molar-refractivity contribution is -0.137. The minimum atomic E-state index is -4.64. The van der Waals surface area contributed by atoms with E-state index in [4.69, 9.17) is 62.5 Å². The van der Waals surface area contributed by atoms with E-state index in [0.29, 0.717) is 9.71 Å². The standard InChI is InChI=1S/C13H12F3NO3S.3H3O4P/c1-5-9(18)10(19)11(20-5)12-17-7-4-6(13(14,15)16)2-3-8(7)21-12;3*1-5(2,3)4/h2-5,9-11,18-19H,1H3;3*(H3,1,2,3,4). The average Bonchev–Trinajstić information content (AvgIpc) is 3.12. The maximum Gasteiger partial charge on any atom is 0.466 e. The number of benzene rings is 1. The number of halogens is 3. The quantitative estimate of drug-likeness (QED) is 0.184. The number of fused-ring (bicyclic) bond motifs is 1. The summed E-state index contributed by atoms with van der Waals surface area (Å²) >= 11 is 1.15. The molecule has 16 nitrogen and oxygen atoms in total. The Balaban J connectivity index is 0.000000672. The van der Waals surface area contributed by atoms with E-state index < -0.39 is 59.6 Å². The first-order valence-corrected chi connectivity index (χ1v) is 14.1. The Kier molecular flexibility index (Phi) is 12.9. The predicted molar refractivity (Wildman–Crippen MR) is 113 cm³/mol. The first-order chi connectivity index (χ1) is 15.8. The van der Waals surface area contributed by atoms with Crippen LogP contribution >= 0.6 is 34.8 Å². The van der Waals surface area contributed by atoms with Crippen molar-refractivity contribution >= 4 is 45.0 Å². The van der Waals surface area contributed by atoms with Gasteiger partial charge in [0.1, 0.15) is 23.3 Å². The molecule has 1 saturated heterocycles. The van der Waals surface area contributed by atoms with E-state index in [-0.39, 0.29) is 5.52 Å². The molecule has 0 bridgehead atoms. The molecule has 36 heavy (non-hydrogen) atoms. The van der Waals surface area contributed by atoms with Crippen molar-refractivity contribution in [3.05, 3.63) is 28.8 Å². The molecule has 0 amide bonds. The van der Waals surface area contributed by atoms with Crippen molar-refractivity contribution in [1.29, 1.82) is 0 Å². The minimum absolute atomic E-state index is 0.203. The fourth-order valence-electron chi connectivity index (χ4n) is 2.30. The van der Waals surface area contributed by atoms with Crippen LogP contribution in [0.3, 0.4) is 0 Å².